The number of halogens is 1. The molecule has 0 saturated heterocycles. The van der Waals surface area contributed by atoms with E-state index in [9.17, 15) is 14.8 Å². The molecule has 1 fully saturated rings. The van der Waals surface area contributed by atoms with E-state index in [0.29, 0.717) is 19.3 Å². The highest BCUT2D eigenvalue weighted by Crippen LogP contribution is 2.54. The maximum absolute atomic E-state index is 13.5. The molecule has 7 nitrogen and oxygen atoms in total. The van der Waals surface area contributed by atoms with Crippen LogP contribution < -0.4 is 0 Å². The largest absolute Gasteiger partial charge is 0.389 e. The lowest BCUT2D eigenvalue weighted by atomic mass is 9.56. The van der Waals surface area contributed by atoms with Gasteiger partial charge in [-0.15, -0.1) is 0 Å². The third kappa shape index (κ3) is 3.84. The van der Waals surface area contributed by atoms with Crippen LogP contribution in [0.5, 0.6) is 0 Å². The van der Waals surface area contributed by atoms with Crippen molar-refractivity contribution in [3.05, 3.63) is 77.9 Å². The van der Waals surface area contributed by atoms with Gasteiger partial charge in [0, 0.05) is 35.3 Å². The van der Waals surface area contributed by atoms with Crippen LogP contribution in [-0.2, 0) is 18.3 Å². The predicted octanol–water partition coefficient (Wildman–Crippen LogP) is 4.61. The van der Waals surface area contributed by atoms with Crippen LogP contribution in [0.25, 0.3) is 16.7 Å². The third-order valence-electron chi connectivity index (χ3n) is 8.14. The molecule has 0 amide bonds. The molecule has 1 aromatic carbocycles. The predicted molar refractivity (Wildman–Crippen MR) is 132 cm³/mol. The molecule has 3 atom stereocenters. The Kier molecular flexibility index (Phi) is 5.53. The van der Waals surface area contributed by atoms with Crippen LogP contribution in [0.2, 0.25) is 0 Å². The van der Waals surface area contributed by atoms with E-state index in [1.807, 2.05) is 12.3 Å². The fourth-order valence-corrected chi connectivity index (χ4v) is 6.39. The maximum atomic E-state index is 13.5. The summed E-state index contributed by atoms with van der Waals surface area (Å²) in [7, 11) is 0. The van der Waals surface area contributed by atoms with Crippen molar-refractivity contribution >= 4 is 11.0 Å². The standard InChI is InChI=1S/C28H27FN6O/c29-21-5-7-22(8-6-21)35-26-19(18-33-35)15-23-24(34-26)4-1-3-20-16-27(36,11-12-30)9-10-28(20,23)17-25-31-13-2-14-32-25/h2,5-8,13-15,18,20,36H,1,3-4,9-11,16-17H2/t20-,27-,28-/m0/s1. The van der Waals surface area contributed by atoms with E-state index in [0.717, 1.165) is 53.9 Å². The molecular formula is C28H27FN6O. The zero-order chi connectivity index (χ0) is 24.8. The summed E-state index contributed by atoms with van der Waals surface area (Å²) in [5.74, 6) is 0.672. The van der Waals surface area contributed by atoms with Gasteiger partial charge in [0.15, 0.2) is 5.65 Å². The molecule has 0 bridgehead atoms. The molecule has 1 saturated carbocycles. The van der Waals surface area contributed by atoms with Crippen molar-refractivity contribution in [1.29, 1.82) is 5.26 Å². The topological polar surface area (TPSA) is 101 Å². The van der Waals surface area contributed by atoms with Crippen LogP contribution in [0.3, 0.4) is 0 Å². The van der Waals surface area contributed by atoms with Crippen molar-refractivity contribution in [3.8, 4) is 11.8 Å². The average Bonchev–Trinajstić information content (AvgIpc) is 3.23. The molecular weight excluding hydrogens is 455 g/mol. The summed E-state index contributed by atoms with van der Waals surface area (Å²) in [5.41, 5.74) is 2.49. The van der Waals surface area contributed by atoms with Crippen molar-refractivity contribution in [2.45, 2.75) is 62.4 Å². The molecule has 182 valence electrons. The summed E-state index contributed by atoms with van der Waals surface area (Å²) in [6.45, 7) is 0. The Bertz CT molecular complexity index is 1450. The lowest BCUT2D eigenvalue weighted by Gasteiger charge is -2.49. The first kappa shape index (κ1) is 22.7. The molecule has 0 unspecified atom stereocenters. The van der Waals surface area contributed by atoms with Crippen molar-refractivity contribution in [2.24, 2.45) is 5.92 Å². The van der Waals surface area contributed by atoms with E-state index < -0.39 is 5.60 Å². The normalized spacial score (nSPS) is 25.5. The minimum atomic E-state index is -0.962. The fourth-order valence-electron chi connectivity index (χ4n) is 6.39. The van der Waals surface area contributed by atoms with Gasteiger partial charge in [0.25, 0.3) is 0 Å². The van der Waals surface area contributed by atoms with Crippen LogP contribution in [-0.4, -0.2) is 35.4 Å². The van der Waals surface area contributed by atoms with Gasteiger partial charge in [-0.2, -0.15) is 10.4 Å². The Labute approximate surface area is 208 Å². The minimum absolute atomic E-state index is 0.149. The number of aliphatic hydroxyl groups is 1. The third-order valence-corrected chi connectivity index (χ3v) is 8.14. The van der Waals surface area contributed by atoms with E-state index in [-0.39, 0.29) is 23.6 Å². The Hall–Kier alpha value is -3.70. The second-order valence-electron chi connectivity index (χ2n) is 10.3. The summed E-state index contributed by atoms with van der Waals surface area (Å²) < 4.78 is 15.3. The van der Waals surface area contributed by atoms with Crippen molar-refractivity contribution in [1.82, 2.24) is 24.7 Å². The number of nitriles is 1. The first-order valence-electron chi connectivity index (χ1n) is 12.5. The molecule has 2 aliphatic rings. The van der Waals surface area contributed by atoms with Gasteiger partial charge < -0.3 is 5.11 Å². The Morgan fingerprint density at radius 2 is 1.97 bits per heavy atom. The number of nitrogens with zero attached hydrogens (tertiary/aromatic N) is 6. The van der Waals surface area contributed by atoms with E-state index in [1.165, 1.54) is 17.7 Å². The summed E-state index contributed by atoms with van der Waals surface area (Å²) in [4.78, 5) is 14.2. The minimum Gasteiger partial charge on any atom is -0.389 e. The Morgan fingerprint density at radius 3 is 2.75 bits per heavy atom. The van der Waals surface area contributed by atoms with Crippen LogP contribution in [0.15, 0.2) is 55.0 Å². The first-order chi connectivity index (χ1) is 17.5. The Balaban J connectivity index is 1.50. The second-order valence-corrected chi connectivity index (χ2v) is 10.3. The number of fused-ring (bicyclic) bond motifs is 4. The number of aryl methyl sites for hydroxylation is 1. The zero-order valence-corrected chi connectivity index (χ0v) is 19.9. The summed E-state index contributed by atoms with van der Waals surface area (Å²) in [5, 5.41) is 26.1. The number of aromatic nitrogens is 5. The van der Waals surface area contributed by atoms with Crippen molar-refractivity contribution < 1.29 is 9.50 Å². The van der Waals surface area contributed by atoms with Gasteiger partial charge in [0.2, 0.25) is 0 Å². The fraction of sp³-hybridized carbons (Fsp3) is 0.393. The molecule has 36 heavy (non-hydrogen) atoms. The van der Waals surface area contributed by atoms with Crippen LogP contribution in [0, 0.1) is 23.1 Å². The SMILES string of the molecule is N#CC[C@@]1(O)CC[C@@]2(Cc3ncccn3)c3cc4cnn(-c5ccc(F)cc5)c4nc3CCC[C@H]2C1. The highest BCUT2D eigenvalue weighted by Gasteiger charge is 2.51. The lowest BCUT2D eigenvalue weighted by Crippen LogP contribution is -2.49. The van der Waals surface area contributed by atoms with E-state index in [2.05, 4.69) is 27.2 Å². The number of rotatable bonds is 4. The van der Waals surface area contributed by atoms with E-state index in [4.69, 9.17) is 4.98 Å². The van der Waals surface area contributed by atoms with Crippen molar-refractivity contribution in [3.63, 3.8) is 0 Å². The van der Waals surface area contributed by atoms with Gasteiger partial charge in [-0.05, 0) is 86.4 Å². The van der Waals surface area contributed by atoms with Gasteiger partial charge in [-0.3, -0.25) is 0 Å². The number of pyridine rings is 1. The highest BCUT2D eigenvalue weighted by molar-refractivity contribution is 5.78. The quantitative estimate of drug-likeness (QED) is 0.456. The van der Waals surface area contributed by atoms with Gasteiger partial charge in [0.05, 0.1) is 30.0 Å². The number of hydrogen-bond acceptors (Lipinski definition) is 6. The average molecular weight is 483 g/mol. The molecule has 6 rings (SSSR count). The summed E-state index contributed by atoms with van der Waals surface area (Å²) in [6.07, 6.45) is 10.7. The molecule has 3 heterocycles. The maximum Gasteiger partial charge on any atom is 0.163 e. The molecule has 3 aromatic heterocycles. The summed E-state index contributed by atoms with van der Waals surface area (Å²) >= 11 is 0. The van der Waals surface area contributed by atoms with E-state index >= 15 is 0 Å². The first-order valence-corrected chi connectivity index (χ1v) is 12.5. The van der Waals surface area contributed by atoms with Crippen LogP contribution in [0.4, 0.5) is 4.39 Å². The molecule has 1 N–H and O–H groups in total. The smallest absolute Gasteiger partial charge is 0.163 e. The van der Waals surface area contributed by atoms with Gasteiger partial charge in [-0.25, -0.2) is 24.0 Å². The molecule has 4 aromatic rings. The van der Waals surface area contributed by atoms with Gasteiger partial charge in [0.1, 0.15) is 11.6 Å². The molecule has 0 radical (unpaired) electrons. The van der Waals surface area contributed by atoms with Gasteiger partial charge in [-0.1, -0.05) is 0 Å². The Morgan fingerprint density at radius 1 is 1.17 bits per heavy atom. The molecule has 0 spiro atoms. The summed E-state index contributed by atoms with van der Waals surface area (Å²) in [6, 6.07) is 12.5. The highest BCUT2D eigenvalue weighted by atomic mass is 19.1. The van der Waals surface area contributed by atoms with E-state index in [1.54, 1.807) is 29.2 Å². The molecule has 8 heteroatoms. The molecule has 0 aliphatic heterocycles. The van der Waals surface area contributed by atoms with Crippen LogP contribution >= 0.6 is 0 Å². The number of benzene rings is 1. The molecule has 2 aliphatic carbocycles. The van der Waals surface area contributed by atoms with Crippen LogP contribution in [0.1, 0.15) is 55.6 Å². The monoisotopic (exact) mass is 482 g/mol. The lowest BCUT2D eigenvalue weighted by molar-refractivity contribution is -0.0441. The van der Waals surface area contributed by atoms with Gasteiger partial charge >= 0.3 is 0 Å². The van der Waals surface area contributed by atoms with Crippen molar-refractivity contribution in [2.75, 3.05) is 0 Å². The number of hydrogen-bond donors (Lipinski definition) is 1. The second kappa shape index (κ2) is 8.75. The zero-order valence-electron chi connectivity index (χ0n) is 19.9.